The molecule has 2 N–H and O–H groups in total. The van der Waals surface area contributed by atoms with Gasteiger partial charge in [-0.2, -0.15) is 8.78 Å². The van der Waals surface area contributed by atoms with E-state index >= 15 is 0 Å². The molecule has 0 saturated heterocycles. The van der Waals surface area contributed by atoms with Gasteiger partial charge in [0.15, 0.2) is 0 Å². The summed E-state index contributed by atoms with van der Waals surface area (Å²) in [6.07, 6.45) is 2.37. The lowest BCUT2D eigenvalue weighted by Crippen LogP contribution is -2.10. The van der Waals surface area contributed by atoms with Gasteiger partial charge < -0.3 is 14.5 Å². The van der Waals surface area contributed by atoms with E-state index in [9.17, 15) is 23.7 Å². The van der Waals surface area contributed by atoms with Crippen LogP contribution in [0.15, 0.2) is 54.6 Å². The molecule has 0 aliphatic heterocycles. The van der Waals surface area contributed by atoms with E-state index in [1.807, 2.05) is 0 Å². The van der Waals surface area contributed by atoms with Crippen molar-refractivity contribution in [1.29, 1.82) is 0 Å². The highest BCUT2D eigenvalue weighted by atomic mass is 31.2. The second-order valence-corrected chi connectivity index (χ2v) is 6.10. The summed E-state index contributed by atoms with van der Waals surface area (Å²) in [7, 11) is -3.45. The average molecular weight is 383 g/mol. The highest BCUT2D eigenvalue weighted by molar-refractivity contribution is 7.46. The molecule has 0 heterocycles. The van der Waals surface area contributed by atoms with Crippen molar-refractivity contribution in [3.05, 3.63) is 75.8 Å². The summed E-state index contributed by atoms with van der Waals surface area (Å²) in [6, 6.07) is 9.48. The topological polar surface area (TPSA) is 110 Å². The van der Waals surface area contributed by atoms with Crippen LogP contribution in [0.25, 0.3) is 6.08 Å². The Balaban J connectivity index is 2.00. The first-order chi connectivity index (χ1) is 12.2. The third kappa shape index (κ3) is 4.89. The van der Waals surface area contributed by atoms with E-state index in [-0.39, 0.29) is 11.4 Å². The lowest BCUT2D eigenvalue weighted by atomic mass is 10.1. The van der Waals surface area contributed by atoms with Gasteiger partial charge >= 0.3 is 11.6 Å². The molecule has 0 aromatic heterocycles. The molecular weight excluding hydrogens is 371 g/mol. The summed E-state index contributed by atoms with van der Waals surface area (Å²) in [5.41, 5.74) is -4.04. The maximum absolute atomic E-state index is 13.4. The monoisotopic (exact) mass is 383 g/mol. The first-order valence-electron chi connectivity index (χ1n) is 7.01. The van der Waals surface area contributed by atoms with Crippen molar-refractivity contribution in [1.82, 2.24) is 0 Å². The Kier molecular flexibility index (Phi) is 6.10. The third-order valence-corrected chi connectivity index (χ3v) is 3.95. The summed E-state index contributed by atoms with van der Waals surface area (Å²) < 4.78 is 31.8. The minimum absolute atomic E-state index is 0.111. The molecule has 0 aliphatic carbocycles. The fraction of sp³-hybridized carbons (Fsp3) is 0.0625. The Hall–Kier alpha value is -2.74. The zero-order chi connectivity index (χ0) is 19.3. The molecule has 26 heavy (non-hydrogen) atoms. The summed E-state index contributed by atoms with van der Waals surface area (Å²) in [5, 5.41) is 10.5. The molecule has 136 valence electrons. The molecule has 0 fully saturated rings. The van der Waals surface area contributed by atoms with Crippen LogP contribution in [-0.2, 0) is 10.5 Å². The first-order valence-corrected chi connectivity index (χ1v) is 8.25. The average Bonchev–Trinajstić information content (AvgIpc) is 2.60. The zero-order valence-electron chi connectivity index (χ0n) is 13.0. The number of rotatable bonds is 6. The van der Waals surface area contributed by atoms with Gasteiger partial charge in [-0.3, -0.25) is 10.1 Å². The number of non-ortho nitro benzene ring substituents is 1. The second-order valence-electron chi connectivity index (χ2n) is 4.96. The lowest BCUT2D eigenvalue weighted by Gasteiger charge is -2.17. The van der Waals surface area contributed by atoms with Gasteiger partial charge in [-0.05, 0) is 23.8 Å². The van der Waals surface area contributed by atoms with Gasteiger partial charge in [0.05, 0.1) is 4.92 Å². The number of carbonyl (C=O) groups is 1. The van der Waals surface area contributed by atoms with Gasteiger partial charge in [-0.1, -0.05) is 24.3 Å². The van der Waals surface area contributed by atoms with Gasteiger partial charge in [0, 0.05) is 23.8 Å². The van der Waals surface area contributed by atoms with Crippen LogP contribution >= 0.6 is 8.38 Å². The Bertz CT molecular complexity index is 822. The molecule has 0 saturated carbocycles. The SMILES string of the molecule is O=C(/C=C/c1ccc(C(F)(F)P(O)O)cc1)Oc1ccc([N+](=O)[O-])cc1. The Morgan fingerprint density at radius 2 is 1.69 bits per heavy atom. The number of nitro groups is 1. The molecular formula is C16H12F2NO6P. The number of ether oxygens (including phenoxy) is 1. The fourth-order valence-electron chi connectivity index (χ4n) is 1.86. The molecule has 2 aromatic carbocycles. The van der Waals surface area contributed by atoms with E-state index in [1.165, 1.54) is 42.5 Å². The van der Waals surface area contributed by atoms with Crippen molar-refractivity contribution >= 4 is 26.1 Å². The Labute approximate surface area is 147 Å². The van der Waals surface area contributed by atoms with E-state index in [4.69, 9.17) is 14.5 Å². The summed E-state index contributed by atoms with van der Waals surface area (Å²) in [5.74, 6) is -0.651. The van der Waals surface area contributed by atoms with Gasteiger partial charge in [0.25, 0.3) is 5.69 Å². The first kappa shape index (κ1) is 19.6. The van der Waals surface area contributed by atoms with E-state index in [1.54, 1.807) is 0 Å². The lowest BCUT2D eigenvalue weighted by molar-refractivity contribution is -0.384. The third-order valence-electron chi connectivity index (χ3n) is 3.19. The van der Waals surface area contributed by atoms with Gasteiger partial charge in [0.2, 0.25) is 8.38 Å². The highest BCUT2D eigenvalue weighted by Crippen LogP contribution is 2.52. The van der Waals surface area contributed by atoms with E-state index in [2.05, 4.69) is 0 Å². The number of benzene rings is 2. The van der Waals surface area contributed by atoms with Gasteiger partial charge in [-0.25, -0.2) is 4.79 Å². The minimum atomic E-state index is -3.74. The highest BCUT2D eigenvalue weighted by Gasteiger charge is 2.40. The quantitative estimate of drug-likeness (QED) is 0.197. The van der Waals surface area contributed by atoms with Gasteiger partial charge in [-0.15, -0.1) is 0 Å². The van der Waals surface area contributed by atoms with Crippen LogP contribution in [0.2, 0.25) is 0 Å². The molecule has 10 heteroatoms. The second kappa shape index (κ2) is 8.09. The predicted molar refractivity (Wildman–Crippen MR) is 89.5 cm³/mol. The number of alkyl halides is 2. The van der Waals surface area contributed by atoms with E-state index in [0.29, 0.717) is 5.56 Å². The van der Waals surface area contributed by atoms with Crippen LogP contribution < -0.4 is 4.74 Å². The Morgan fingerprint density at radius 3 is 2.19 bits per heavy atom. The smallest absolute Gasteiger partial charge is 0.339 e. The summed E-state index contributed by atoms with van der Waals surface area (Å²) in [4.78, 5) is 39.1. The summed E-state index contributed by atoms with van der Waals surface area (Å²) >= 11 is 0. The number of hydrogen-bond donors (Lipinski definition) is 2. The molecule has 0 aliphatic rings. The molecule has 7 nitrogen and oxygen atoms in total. The van der Waals surface area contributed by atoms with Gasteiger partial charge in [0.1, 0.15) is 5.75 Å². The van der Waals surface area contributed by atoms with Crippen LogP contribution in [-0.4, -0.2) is 20.7 Å². The number of nitro benzene ring substituents is 1. The molecule has 0 radical (unpaired) electrons. The van der Waals surface area contributed by atoms with Crippen LogP contribution in [0, 0.1) is 10.1 Å². The Morgan fingerprint density at radius 1 is 1.12 bits per heavy atom. The number of nitrogens with zero attached hydrogens (tertiary/aromatic N) is 1. The van der Waals surface area contributed by atoms with Crippen LogP contribution in [0.5, 0.6) is 5.75 Å². The zero-order valence-corrected chi connectivity index (χ0v) is 13.8. The molecule has 0 bridgehead atoms. The standard InChI is InChI=1S/C16H12F2NO6P/c17-16(18,26(23)24)12-4-1-11(2-5-12)3-10-15(20)25-14-8-6-13(7-9-14)19(21)22/h1-10,23-24H/b10-3+. The van der Waals surface area contributed by atoms with Crippen molar-refractivity contribution in [3.63, 3.8) is 0 Å². The molecule has 2 aromatic rings. The van der Waals surface area contributed by atoms with Crippen LogP contribution in [0.3, 0.4) is 0 Å². The molecule has 2 rings (SSSR count). The fourth-order valence-corrected chi connectivity index (χ4v) is 2.24. The van der Waals surface area contributed by atoms with Crippen molar-refractivity contribution in [3.8, 4) is 5.75 Å². The minimum Gasteiger partial charge on any atom is -0.423 e. The molecule has 0 atom stereocenters. The molecule has 0 spiro atoms. The maximum Gasteiger partial charge on any atom is 0.339 e. The van der Waals surface area contributed by atoms with Crippen molar-refractivity contribution in [2.75, 3.05) is 0 Å². The number of carbonyl (C=O) groups excluding carboxylic acids is 1. The van der Waals surface area contributed by atoms with Crippen LogP contribution in [0.1, 0.15) is 11.1 Å². The van der Waals surface area contributed by atoms with Crippen molar-refractivity contribution < 1.29 is 33.0 Å². The largest absolute Gasteiger partial charge is 0.423 e. The number of hydrogen-bond acceptors (Lipinski definition) is 6. The molecule has 0 unspecified atom stereocenters. The van der Waals surface area contributed by atoms with Crippen molar-refractivity contribution in [2.45, 2.75) is 5.66 Å². The van der Waals surface area contributed by atoms with E-state index in [0.717, 1.165) is 18.2 Å². The molecule has 0 amide bonds. The maximum atomic E-state index is 13.4. The summed E-state index contributed by atoms with van der Waals surface area (Å²) in [6.45, 7) is 0. The van der Waals surface area contributed by atoms with Crippen LogP contribution in [0.4, 0.5) is 14.5 Å². The van der Waals surface area contributed by atoms with E-state index < -0.39 is 30.5 Å². The predicted octanol–water partition coefficient (Wildman–Crippen LogP) is 3.56. The number of esters is 1. The number of halogens is 2. The normalized spacial score (nSPS) is 11.7. The van der Waals surface area contributed by atoms with Crippen molar-refractivity contribution in [2.24, 2.45) is 0 Å².